The number of benzene rings is 1. The van der Waals surface area contributed by atoms with Crippen molar-refractivity contribution in [2.75, 3.05) is 26.2 Å². The smallest absolute Gasteiger partial charge is 0.254 e. The molecule has 0 atom stereocenters. The molecule has 1 aliphatic rings. The lowest BCUT2D eigenvalue weighted by molar-refractivity contribution is -0.135. The molecule has 0 aliphatic carbocycles. The van der Waals surface area contributed by atoms with E-state index >= 15 is 0 Å². The monoisotopic (exact) mass is 326 g/mol. The van der Waals surface area contributed by atoms with Crippen LogP contribution in [-0.4, -0.2) is 57.8 Å². The molecule has 2 amide bonds. The third-order valence-corrected chi connectivity index (χ3v) is 4.07. The lowest BCUT2D eigenvalue weighted by atomic mass is 10.1. The van der Waals surface area contributed by atoms with E-state index in [0.717, 1.165) is 12.0 Å². The number of piperazine rings is 1. The Kier molecular flexibility index (Phi) is 4.69. The molecular weight excluding hydrogens is 308 g/mol. The van der Waals surface area contributed by atoms with E-state index in [1.165, 1.54) is 17.0 Å². The van der Waals surface area contributed by atoms with Crippen LogP contribution in [0, 0.1) is 0 Å². The quantitative estimate of drug-likeness (QED) is 0.753. The fraction of sp³-hybridized carbons (Fsp3) is 0.294. The van der Waals surface area contributed by atoms with Crippen molar-refractivity contribution in [3.63, 3.8) is 0 Å². The molecule has 7 heteroatoms. The minimum atomic E-state index is -0.260. The maximum Gasteiger partial charge on any atom is 0.254 e. The first-order valence-electron chi connectivity index (χ1n) is 7.76. The molecule has 3 rings (SSSR count). The molecule has 0 spiro atoms. The van der Waals surface area contributed by atoms with Crippen molar-refractivity contribution in [2.24, 2.45) is 0 Å². The van der Waals surface area contributed by atoms with E-state index in [-0.39, 0.29) is 18.0 Å². The zero-order chi connectivity index (χ0) is 16.9. The van der Waals surface area contributed by atoms with E-state index in [4.69, 9.17) is 0 Å². The van der Waals surface area contributed by atoms with Gasteiger partial charge in [0, 0.05) is 37.8 Å². The van der Waals surface area contributed by atoms with Crippen LogP contribution < -0.4 is 5.56 Å². The number of amides is 2. The Morgan fingerprint density at radius 1 is 1.12 bits per heavy atom. The second-order valence-corrected chi connectivity index (χ2v) is 5.63. The van der Waals surface area contributed by atoms with Crippen molar-refractivity contribution < 1.29 is 9.59 Å². The summed E-state index contributed by atoms with van der Waals surface area (Å²) >= 11 is 0. The molecule has 1 saturated heterocycles. The van der Waals surface area contributed by atoms with E-state index in [1.54, 1.807) is 9.80 Å². The summed E-state index contributed by atoms with van der Waals surface area (Å²) in [4.78, 5) is 42.8. The first-order valence-corrected chi connectivity index (χ1v) is 7.76. The lowest BCUT2D eigenvalue weighted by Gasteiger charge is -2.32. The molecule has 24 heavy (non-hydrogen) atoms. The van der Waals surface area contributed by atoms with Crippen molar-refractivity contribution >= 4 is 12.3 Å². The highest BCUT2D eigenvalue weighted by atomic mass is 16.2. The minimum Gasteiger partial charge on any atom is -0.342 e. The van der Waals surface area contributed by atoms with Crippen LogP contribution in [0.3, 0.4) is 0 Å². The van der Waals surface area contributed by atoms with Crippen molar-refractivity contribution in [3.8, 4) is 11.3 Å². The summed E-state index contributed by atoms with van der Waals surface area (Å²) in [6, 6.07) is 10.9. The zero-order valence-corrected chi connectivity index (χ0v) is 13.2. The van der Waals surface area contributed by atoms with E-state index < -0.39 is 0 Å². The van der Waals surface area contributed by atoms with Crippen LogP contribution in [-0.2, 0) is 16.1 Å². The van der Waals surface area contributed by atoms with Gasteiger partial charge in [0.05, 0.1) is 12.0 Å². The fourth-order valence-electron chi connectivity index (χ4n) is 2.63. The summed E-state index contributed by atoms with van der Waals surface area (Å²) < 4.78 is 1.31. The molecule has 124 valence electrons. The lowest BCUT2D eigenvalue weighted by Crippen LogP contribution is -2.49. The highest BCUT2D eigenvalue weighted by molar-refractivity contribution is 5.76. The second kappa shape index (κ2) is 7.08. The van der Waals surface area contributed by atoms with Crippen LogP contribution in [0.15, 0.2) is 47.5 Å². The van der Waals surface area contributed by atoms with Gasteiger partial charge in [0.25, 0.3) is 5.56 Å². The van der Waals surface area contributed by atoms with Crippen molar-refractivity contribution in [2.45, 2.75) is 6.54 Å². The normalized spacial score (nSPS) is 14.5. The van der Waals surface area contributed by atoms with Crippen LogP contribution in [0.5, 0.6) is 0 Å². The Morgan fingerprint density at radius 2 is 1.83 bits per heavy atom. The van der Waals surface area contributed by atoms with Crippen molar-refractivity contribution in [1.29, 1.82) is 0 Å². The van der Waals surface area contributed by atoms with E-state index in [9.17, 15) is 14.4 Å². The van der Waals surface area contributed by atoms with E-state index in [2.05, 4.69) is 4.98 Å². The third kappa shape index (κ3) is 3.51. The standard InChI is InChI=1S/C17H18N4O3/c22-13-19-6-8-20(9-7-19)17(24)11-21-12-18-15(10-16(21)23)14-4-2-1-3-5-14/h1-5,10,12-13H,6-9,11H2. The Hall–Kier alpha value is -2.96. The molecule has 0 radical (unpaired) electrons. The minimum absolute atomic E-state index is 0.0397. The van der Waals surface area contributed by atoms with Gasteiger partial charge in [-0.1, -0.05) is 30.3 Å². The van der Waals surface area contributed by atoms with E-state index in [0.29, 0.717) is 31.9 Å². The van der Waals surface area contributed by atoms with E-state index in [1.807, 2.05) is 30.3 Å². The molecule has 0 saturated carbocycles. The molecule has 7 nitrogen and oxygen atoms in total. The maximum absolute atomic E-state index is 12.3. The Bertz CT molecular complexity index is 780. The fourth-order valence-corrected chi connectivity index (χ4v) is 2.63. The van der Waals surface area contributed by atoms with Crippen LogP contribution in [0.2, 0.25) is 0 Å². The van der Waals surface area contributed by atoms with Crippen LogP contribution in [0.25, 0.3) is 11.3 Å². The average molecular weight is 326 g/mol. The van der Waals surface area contributed by atoms with Gasteiger partial charge in [0.15, 0.2) is 0 Å². The number of hydrogen-bond donors (Lipinski definition) is 0. The molecule has 1 fully saturated rings. The number of aromatic nitrogens is 2. The topological polar surface area (TPSA) is 75.5 Å². The van der Waals surface area contributed by atoms with Gasteiger partial charge in [0.1, 0.15) is 6.54 Å². The summed E-state index contributed by atoms with van der Waals surface area (Å²) in [5, 5.41) is 0. The molecule has 2 heterocycles. The summed E-state index contributed by atoms with van der Waals surface area (Å²) in [6.07, 6.45) is 2.20. The Balaban J connectivity index is 1.69. The third-order valence-electron chi connectivity index (χ3n) is 4.07. The zero-order valence-electron chi connectivity index (χ0n) is 13.2. The maximum atomic E-state index is 12.3. The number of carbonyl (C=O) groups is 2. The van der Waals surface area contributed by atoms with Crippen LogP contribution in [0.4, 0.5) is 0 Å². The van der Waals surface area contributed by atoms with Gasteiger partial charge >= 0.3 is 0 Å². The molecule has 2 aromatic rings. The summed E-state index contributed by atoms with van der Waals surface area (Å²) in [7, 11) is 0. The van der Waals surface area contributed by atoms with Gasteiger partial charge in [-0.15, -0.1) is 0 Å². The second-order valence-electron chi connectivity index (χ2n) is 5.63. The molecule has 0 bridgehead atoms. The molecule has 0 N–H and O–H groups in total. The number of hydrogen-bond acceptors (Lipinski definition) is 4. The molecular formula is C17H18N4O3. The number of nitrogens with zero attached hydrogens (tertiary/aromatic N) is 4. The van der Waals surface area contributed by atoms with Gasteiger partial charge in [0.2, 0.25) is 12.3 Å². The highest BCUT2D eigenvalue weighted by Gasteiger charge is 2.20. The Morgan fingerprint density at radius 3 is 2.46 bits per heavy atom. The first-order chi connectivity index (χ1) is 11.7. The van der Waals surface area contributed by atoms with Gasteiger partial charge < -0.3 is 9.80 Å². The highest BCUT2D eigenvalue weighted by Crippen LogP contribution is 2.13. The molecule has 1 aromatic carbocycles. The summed E-state index contributed by atoms with van der Waals surface area (Å²) in [6.45, 7) is 1.98. The van der Waals surface area contributed by atoms with Crippen LogP contribution in [0.1, 0.15) is 0 Å². The summed E-state index contributed by atoms with van der Waals surface area (Å²) in [5.74, 6) is -0.142. The molecule has 0 unspecified atom stereocenters. The van der Waals surface area contributed by atoms with Crippen molar-refractivity contribution in [3.05, 3.63) is 53.1 Å². The van der Waals surface area contributed by atoms with Crippen molar-refractivity contribution in [1.82, 2.24) is 19.4 Å². The molecule has 1 aliphatic heterocycles. The van der Waals surface area contributed by atoms with Gasteiger partial charge in [-0.3, -0.25) is 19.0 Å². The van der Waals surface area contributed by atoms with Crippen LogP contribution >= 0.6 is 0 Å². The largest absolute Gasteiger partial charge is 0.342 e. The van der Waals surface area contributed by atoms with Gasteiger partial charge in [-0.05, 0) is 0 Å². The predicted molar refractivity (Wildman–Crippen MR) is 88.2 cm³/mol. The molecule has 1 aromatic heterocycles. The predicted octanol–water partition coefficient (Wildman–Crippen LogP) is 0.211. The SMILES string of the molecule is O=CN1CCN(C(=O)Cn2cnc(-c3ccccc3)cc2=O)CC1. The first kappa shape index (κ1) is 15.9. The Labute approximate surface area is 139 Å². The number of rotatable bonds is 4. The van der Waals surface area contributed by atoms with Gasteiger partial charge in [-0.25, -0.2) is 4.98 Å². The summed E-state index contributed by atoms with van der Waals surface area (Å²) in [5.41, 5.74) is 1.19. The van der Waals surface area contributed by atoms with Gasteiger partial charge in [-0.2, -0.15) is 0 Å². The average Bonchev–Trinajstić information content (AvgIpc) is 2.64. The number of carbonyl (C=O) groups excluding carboxylic acids is 2.